The Hall–Kier alpha value is -4.78. The summed E-state index contributed by atoms with van der Waals surface area (Å²) < 4.78 is 37.1. The predicted octanol–water partition coefficient (Wildman–Crippen LogP) is 3.27. The Kier molecular flexibility index (Phi) is 7.34. The highest BCUT2D eigenvalue weighted by molar-refractivity contribution is 7.89. The maximum atomic E-state index is 13.6. The van der Waals surface area contributed by atoms with Gasteiger partial charge in [0.2, 0.25) is 15.9 Å². The molecule has 2 aromatic heterocycles. The summed E-state index contributed by atoms with van der Waals surface area (Å²) in [5, 5.41) is 12.2. The lowest BCUT2D eigenvalue weighted by molar-refractivity contribution is 0.0730. The molecule has 0 atom stereocenters. The van der Waals surface area contributed by atoms with Crippen molar-refractivity contribution in [3.63, 3.8) is 0 Å². The molecule has 1 aliphatic rings. The number of aromatic nitrogens is 3. The van der Waals surface area contributed by atoms with Crippen molar-refractivity contribution in [1.29, 1.82) is 0 Å². The first-order valence-corrected chi connectivity index (χ1v) is 15.1. The summed E-state index contributed by atoms with van der Waals surface area (Å²) in [6.45, 7) is 2.94. The third kappa shape index (κ3) is 4.88. The van der Waals surface area contributed by atoms with Gasteiger partial charge in [0.05, 0.1) is 40.7 Å². The van der Waals surface area contributed by atoms with Crippen molar-refractivity contribution in [2.75, 3.05) is 26.3 Å². The van der Waals surface area contributed by atoms with E-state index in [2.05, 4.69) is 4.99 Å². The molecule has 0 spiro atoms. The number of morpholine rings is 1. The highest BCUT2D eigenvalue weighted by atomic mass is 32.2. The second kappa shape index (κ2) is 11.1. The zero-order valence-electron chi connectivity index (χ0n) is 23.5. The van der Waals surface area contributed by atoms with Crippen LogP contribution in [0.2, 0.25) is 0 Å². The maximum absolute atomic E-state index is 13.6. The minimum Gasteiger partial charge on any atom is -0.494 e. The van der Waals surface area contributed by atoms with Crippen LogP contribution in [0.4, 0.5) is 5.69 Å². The van der Waals surface area contributed by atoms with Crippen molar-refractivity contribution >= 4 is 32.7 Å². The monoisotopic (exact) mass is 599 g/mol. The number of aromatic hydroxyl groups is 1. The Morgan fingerprint density at radius 2 is 1.47 bits per heavy atom. The standard InChI is InChI=1S/C31H29N5O6S/c1-21-28(31(39)36(33(21)2)23-8-4-3-5-9-23)32-20-27-25-10-6-7-11-26(25)29(37)35(30(27)38)22-12-14-24(15-13-22)43(40,41)34-16-18-42-19-17-34/h3-15,20,38H,16-19H2,1-2H3. The van der Waals surface area contributed by atoms with E-state index >= 15 is 0 Å². The number of nitrogens with zero attached hydrogens (tertiary/aromatic N) is 5. The Labute approximate surface area is 247 Å². The van der Waals surface area contributed by atoms with Crippen LogP contribution < -0.4 is 11.1 Å². The zero-order chi connectivity index (χ0) is 30.3. The number of sulfonamides is 1. The molecule has 0 saturated carbocycles. The van der Waals surface area contributed by atoms with Gasteiger partial charge in [0.1, 0.15) is 0 Å². The summed E-state index contributed by atoms with van der Waals surface area (Å²) in [5.41, 5.74) is 1.15. The van der Waals surface area contributed by atoms with Crippen LogP contribution in [0.1, 0.15) is 11.3 Å². The molecule has 1 saturated heterocycles. The van der Waals surface area contributed by atoms with Crippen LogP contribution in [0.25, 0.3) is 22.1 Å². The van der Waals surface area contributed by atoms with Gasteiger partial charge in [-0.25, -0.2) is 22.7 Å². The first-order valence-electron chi connectivity index (χ1n) is 13.6. The molecule has 12 heteroatoms. The van der Waals surface area contributed by atoms with Gasteiger partial charge in [0, 0.05) is 37.1 Å². The summed E-state index contributed by atoms with van der Waals surface area (Å²) in [5.74, 6) is -0.395. The highest BCUT2D eigenvalue weighted by Crippen LogP contribution is 2.28. The second-order valence-corrected chi connectivity index (χ2v) is 12.0. The third-order valence-corrected chi connectivity index (χ3v) is 9.57. The average Bonchev–Trinajstić information content (AvgIpc) is 3.24. The van der Waals surface area contributed by atoms with E-state index in [1.807, 2.05) is 30.3 Å². The predicted molar refractivity (Wildman–Crippen MR) is 164 cm³/mol. The fourth-order valence-electron chi connectivity index (χ4n) is 5.26. The summed E-state index contributed by atoms with van der Waals surface area (Å²) >= 11 is 0. The van der Waals surface area contributed by atoms with Crippen LogP contribution in [0.5, 0.6) is 5.88 Å². The molecule has 3 heterocycles. The second-order valence-electron chi connectivity index (χ2n) is 10.1. The fourth-order valence-corrected chi connectivity index (χ4v) is 6.67. The number of ether oxygens (including phenoxy) is 1. The average molecular weight is 600 g/mol. The van der Waals surface area contributed by atoms with E-state index in [-0.39, 0.29) is 40.5 Å². The minimum absolute atomic E-state index is 0.0718. The lowest BCUT2D eigenvalue weighted by atomic mass is 10.1. The van der Waals surface area contributed by atoms with E-state index in [0.29, 0.717) is 35.4 Å². The van der Waals surface area contributed by atoms with Gasteiger partial charge in [-0.3, -0.25) is 14.3 Å². The molecule has 220 valence electrons. The van der Waals surface area contributed by atoms with Crippen LogP contribution in [-0.2, 0) is 21.8 Å². The van der Waals surface area contributed by atoms with Gasteiger partial charge in [-0.2, -0.15) is 4.31 Å². The van der Waals surface area contributed by atoms with E-state index in [1.165, 1.54) is 39.5 Å². The number of hydrogen-bond donors (Lipinski definition) is 1. The largest absolute Gasteiger partial charge is 0.494 e. The quantitative estimate of drug-likeness (QED) is 0.299. The normalized spacial score (nSPS) is 14.6. The molecular weight excluding hydrogens is 570 g/mol. The molecule has 0 bridgehead atoms. The number of aliphatic imine (C=N–C) groups is 1. The van der Waals surface area contributed by atoms with E-state index in [0.717, 1.165) is 4.57 Å². The first-order chi connectivity index (χ1) is 20.7. The molecule has 1 fully saturated rings. The number of hydrogen-bond acceptors (Lipinski definition) is 7. The van der Waals surface area contributed by atoms with Gasteiger partial charge in [0.15, 0.2) is 5.69 Å². The number of fused-ring (bicyclic) bond motifs is 1. The Morgan fingerprint density at radius 1 is 0.837 bits per heavy atom. The zero-order valence-corrected chi connectivity index (χ0v) is 24.4. The van der Waals surface area contributed by atoms with Gasteiger partial charge in [-0.05, 0) is 49.4 Å². The van der Waals surface area contributed by atoms with E-state index in [9.17, 15) is 23.1 Å². The Morgan fingerprint density at radius 3 is 2.14 bits per heavy atom. The molecule has 3 aromatic carbocycles. The van der Waals surface area contributed by atoms with Crippen molar-refractivity contribution in [1.82, 2.24) is 18.2 Å². The van der Waals surface area contributed by atoms with Gasteiger partial charge in [-0.15, -0.1) is 0 Å². The van der Waals surface area contributed by atoms with E-state index in [1.54, 1.807) is 42.9 Å². The van der Waals surface area contributed by atoms with Crippen molar-refractivity contribution in [3.8, 4) is 17.3 Å². The van der Waals surface area contributed by atoms with Crippen LogP contribution in [0, 0.1) is 6.92 Å². The number of rotatable bonds is 6. The van der Waals surface area contributed by atoms with E-state index in [4.69, 9.17) is 4.74 Å². The SMILES string of the molecule is Cc1c(N=Cc2c(O)n(-c3ccc(S(=O)(=O)N4CCOCC4)cc3)c(=O)c3ccccc23)c(=O)n(-c2ccccc2)n1C. The highest BCUT2D eigenvalue weighted by Gasteiger charge is 2.26. The third-order valence-electron chi connectivity index (χ3n) is 7.65. The van der Waals surface area contributed by atoms with Crippen LogP contribution in [0.15, 0.2) is 98.3 Å². The fraction of sp³-hybridized carbons (Fsp3) is 0.194. The van der Waals surface area contributed by atoms with Crippen molar-refractivity contribution in [2.24, 2.45) is 12.0 Å². The molecule has 11 nitrogen and oxygen atoms in total. The maximum Gasteiger partial charge on any atom is 0.297 e. The minimum atomic E-state index is -3.74. The number of pyridine rings is 1. The summed E-state index contributed by atoms with van der Waals surface area (Å²) in [6.07, 6.45) is 1.38. The van der Waals surface area contributed by atoms with Crippen LogP contribution >= 0.6 is 0 Å². The first kappa shape index (κ1) is 28.3. The summed E-state index contributed by atoms with van der Waals surface area (Å²) in [4.78, 5) is 31.6. The Bertz CT molecular complexity index is 2090. The molecule has 0 radical (unpaired) electrons. The molecule has 1 aliphatic heterocycles. The molecule has 6 rings (SSSR count). The molecule has 0 unspecified atom stereocenters. The molecule has 0 amide bonds. The number of benzene rings is 3. The van der Waals surface area contributed by atoms with Gasteiger partial charge < -0.3 is 9.84 Å². The molecule has 43 heavy (non-hydrogen) atoms. The Balaban J connectivity index is 1.45. The van der Waals surface area contributed by atoms with Crippen LogP contribution in [0.3, 0.4) is 0 Å². The van der Waals surface area contributed by atoms with Crippen molar-refractivity contribution < 1.29 is 18.3 Å². The molecular formula is C31H29N5O6S. The topological polar surface area (TPSA) is 128 Å². The molecule has 1 N–H and O–H groups in total. The molecule has 0 aliphatic carbocycles. The lowest BCUT2D eigenvalue weighted by Crippen LogP contribution is -2.40. The van der Waals surface area contributed by atoms with E-state index < -0.39 is 21.5 Å². The molecule has 5 aromatic rings. The summed E-state index contributed by atoms with van der Waals surface area (Å²) in [7, 11) is -1.98. The lowest BCUT2D eigenvalue weighted by Gasteiger charge is -2.26. The van der Waals surface area contributed by atoms with Crippen LogP contribution in [-0.4, -0.2) is 64.3 Å². The van der Waals surface area contributed by atoms with Crippen molar-refractivity contribution in [2.45, 2.75) is 11.8 Å². The van der Waals surface area contributed by atoms with Gasteiger partial charge >= 0.3 is 0 Å². The smallest absolute Gasteiger partial charge is 0.297 e. The number of para-hydroxylation sites is 1. The van der Waals surface area contributed by atoms with Crippen molar-refractivity contribution in [3.05, 3.63) is 111 Å². The summed E-state index contributed by atoms with van der Waals surface area (Å²) in [6, 6.07) is 21.7. The van der Waals surface area contributed by atoms with Gasteiger partial charge in [-0.1, -0.05) is 36.4 Å². The van der Waals surface area contributed by atoms with Gasteiger partial charge in [0.25, 0.3) is 11.1 Å².